The van der Waals surface area contributed by atoms with E-state index in [2.05, 4.69) is 73.1 Å². The van der Waals surface area contributed by atoms with E-state index >= 15 is 0 Å². The third kappa shape index (κ3) is 3.09. The van der Waals surface area contributed by atoms with E-state index in [0.717, 1.165) is 23.7 Å². The van der Waals surface area contributed by atoms with Gasteiger partial charge in [0.1, 0.15) is 5.66 Å². The van der Waals surface area contributed by atoms with Crippen LogP contribution in [0.4, 0.5) is 0 Å². The lowest BCUT2D eigenvalue weighted by molar-refractivity contribution is 0.244. The van der Waals surface area contributed by atoms with Gasteiger partial charge in [0.25, 0.3) is 0 Å². The topological polar surface area (TPSA) is 39.7 Å². The Morgan fingerprint density at radius 2 is 1.77 bits per heavy atom. The number of benzene rings is 2. The van der Waals surface area contributed by atoms with Crippen molar-refractivity contribution in [2.75, 3.05) is 0 Å². The van der Waals surface area contributed by atoms with Crippen LogP contribution >= 0.6 is 0 Å². The Morgan fingerprint density at radius 1 is 1.04 bits per heavy atom. The molecule has 0 fully saturated rings. The summed E-state index contributed by atoms with van der Waals surface area (Å²) >= 11 is 0. The van der Waals surface area contributed by atoms with Gasteiger partial charge in [0.15, 0.2) is 5.82 Å². The minimum Gasteiger partial charge on any atom is -0.290 e. The van der Waals surface area contributed by atoms with E-state index in [1.165, 1.54) is 16.7 Å². The van der Waals surface area contributed by atoms with Gasteiger partial charge in [0, 0.05) is 24.0 Å². The molecule has 1 unspecified atom stereocenters. The molecular weight excluding hydrogens is 320 g/mol. The molecule has 2 aliphatic rings. The number of hydrazine groups is 1. The normalized spacial score (nSPS) is 21.8. The first kappa shape index (κ1) is 16.8. The van der Waals surface area contributed by atoms with Crippen LogP contribution in [-0.4, -0.2) is 16.4 Å². The van der Waals surface area contributed by atoms with Crippen LogP contribution in [0.2, 0.25) is 0 Å². The monoisotopic (exact) mass is 344 g/mol. The van der Waals surface area contributed by atoms with E-state index in [9.17, 15) is 0 Å². The minimum atomic E-state index is -0.418. The summed E-state index contributed by atoms with van der Waals surface area (Å²) < 4.78 is 0. The predicted molar refractivity (Wildman–Crippen MR) is 107 cm³/mol. The average Bonchev–Trinajstić information content (AvgIpc) is 2.94. The second-order valence-corrected chi connectivity index (χ2v) is 7.08. The number of nitrogens with zero attached hydrogens (tertiary/aromatic N) is 2. The number of nitrogens with one attached hydrogen (secondary N) is 2. The van der Waals surface area contributed by atoms with Gasteiger partial charge >= 0.3 is 0 Å². The van der Waals surface area contributed by atoms with Crippen molar-refractivity contribution in [2.24, 2.45) is 4.99 Å². The minimum absolute atomic E-state index is 0.418. The lowest BCUT2D eigenvalue weighted by atomic mass is 9.94. The van der Waals surface area contributed by atoms with Crippen molar-refractivity contribution < 1.29 is 0 Å². The van der Waals surface area contributed by atoms with E-state index in [-0.39, 0.29) is 0 Å². The third-order valence-electron chi connectivity index (χ3n) is 4.87. The lowest BCUT2D eigenvalue weighted by Crippen LogP contribution is -2.54. The van der Waals surface area contributed by atoms with E-state index in [1.807, 2.05) is 30.3 Å². The molecule has 2 heterocycles. The number of hydrogen-bond donors (Lipinski definition) is 2. The molecule has 0 aromatic heterocycles. The molecule has 4 nitrogen and oxygen atoms in total. The molecule has 0 saturated heterocycles. The number of fused-ring (bicyclic) bond motifs is 1. The van der Waals surface area contributed by atoms with Crippen LogP contribution in [0.15, 0.2) is 77.7 Å². The molecule has 2 N–H and O–H groups in total. The van der Waals surface area contributed by atoms with Gasteiger partial charge in [-0.15, -0.1) is 0 Å². The maximum atomic E-state index is 4.81. The van der Waals surface area contributed by atoms with Crippen LogP contribution in [0.5, 0.6) is 0 Å². The van der Waals surface area contributed by atoms with Gasteiger partial charge in [-0.3, -0.25) is 10.3 Å². The first-order valence-electron chi connectivity index (χ1n) is 8.96. The molecule has 4 heteroatoms. The number of allylic oxidation sites excluding steroid dienone is 1. The number of aliphatic imine (C=N–C) groups is 1. The van der Waals surface area contributed by atoms with Crippen molar-refractivity contribution in [1.29, 1.82) is 0 Å². The van der Waals surface area contributed by atoms with Crippen molar-refractivity contribution in [1.82, 2.24) is 15.8 Å². The van der Waals surface area contributed by atoms with Gasteiger partial charge in [-0.1, -0.05) is 60.2 Å². The van der Waals surface area contributed by atoms with E-state index in [1.54, 1.807) is 0 Å². The Bertz CT molecular complexity index is 893. The molecule has 0 radical (unpaired) electrons. The zero-order valence-corrected chi connectivity index (χ0v) is 15.5. The molecular formula is C22H24N4. The molecule has 2 aromatic carbocycles. The molecule has 132 valence electrons. The molecule has 26 heavy (non-hydrogen) atoms. The first-order chi connectivity index (χ1) is 12.5. The Kier molecular flexibility index (Phi) is 4.23. The average molecular weight is 344 g/mol. The maximum absolute atomic E-state index is 4.81. The summed E-state index contributed by atoms with van der Waals surface area (Å²) in [7, 11) is 0. The number of hydrogen-bond acceptors (Lipinski definition) is 4. The Morgan fingerprint density at radius 3 is 2.50 bits per heavy atom. The fraction of sp³-hybridized carbons (Fsp3) is 0.227. The molecule has 0 spiro atoms. The first-order valence-corrected chi connectivity index (χ1v) is 8.96. The van der Waals surface area contributed by atoms with E-state index < -0.39 is 5.66 Å². The van der Waals surface area contributed by atoms with Gasteiger partial charge in [-0.05, 0) is 38.0 Å². The largest absolute Gasteiger partial charge is 0.290 e. The Hall–Kier alpha value is -2.69. The predicted octanol–water partition coefficient (Wildman–Crippen LogP) is 3.98. The highest BCUT2D eigenvalue weighted by Crippen LogP contribution is 2.38. The number of rotatable bonds is 4. The van der Waals surface area contributed by atoms with Gasteiger partial charge < -0.3 is 0 Å². The molecule has 0 amide bonds. The zero-order valence-electron chi connectivity index (χ0n) is 15.5. The van der Waals surface area contributed by atoms with Crippen LogP contribution < -0.4 is 10.7 Å². The van der Waals surface area contributed by atoms with Crippen molar-refractivity contribution >= 4 is 11.3 Å². The number of aryl methyl sites for hydroxylation is 1. The molecule has 0 saturated carbocycles. The Labute approximate surface area is 154 Å². The van der Waals surface area contributed by atoms with Crippen LogP contribution in [0.1, 0.15) is 30.5 Å². The van der Waals surface area contributed by atoms with Crippen molar-refractivity contribution in [3.63, 3.8) is 0 Å². The summed E-state index contributed by atoms with van der Waals surface area (Å²) in [6.07, 6.45) is 4.06. The summed E-state index contributed by atoms with van der Waals surface area (Å²) in [4.78, 5) is 4.81. The fourth-order valence-corrected chi connectivity index (χ4v) is 3.44. The van der Waals surface area contributed by atoms with Gasteiger partial charge in [0.05, 0.1) is 0 Å². The molecule has 2 aromatic rings. The zero-order chi connectivity index (χ0) is 18.1. The summed E-state index contributed by atoms with van der Waals surface area (Å²) in [5.74, 6) is 0.955. The van der Waals surface area contributed by atoms with Crippen molar-refractivity contribution in [3.8, 4) is 0 Å². The Balaban J connectivity index is 1.73. The highest BCUT2D eigenvalue weighted by Gasteiger charge is 2.41. The SMILES string of the molecule is CC1=NC2=C(c3ccc(C)cc3)C(C)(NCc3ccccc3)NN2C=C1. The summed E-state index contributed by atoms with van der Waals surface area (Å²) in [5, 5.41) is 5.71. The highest BCUT2D eigenvalue weighted by atomic mass is 15.6. The maximum Gasteiger partial charge on any atom is 0.154 e. The fourth-order valence-electron chi connectivity index (χ4n) is 3.44. The van der Waals surface area contributed by atoms with Crippen molar-refractivity contribution in [2.45, 2.75) is 33.0 Å². The molecule has 2 aliphatic heterocycles. The van der Waals surface area contributed by atoms with Crippen LogP contribution in [0, 0.1) is 6.92 Å². The van der Waals surface area contributed by atoms with E-state index in [0.29, 0.717) is 0 Å². The van der Waals surface area contributed by atoms with E-state index in [4.69, 9.17) is 4.99 Å². The second kappa shape index (κ2) is 6.56. The summed E-state index contributed by atoms with van der Waals surface area (Å²) in [6, 6.07) is 19.1. The molecule has 1 atom stereocenters. The van der Waals surface area contributed by atoms with Crippen LogP contribution in [0.3, 0.4) is 0 Å². The second-order valence-electron chi connectivity index (χ2n) is 7.08. The smallest absolute Gasteiger partial charge is 0.154 e. The van der Waals surface area contributed by atoms with Crippen molar-refractivity contribution in [3.05, 3.63) is 89.4 Å². The van der Waals surface area contributed by atoms with Gasteiger partial charge in [-0.25, -0.2) is 10.4 Å². The van der Waals surface area contributed by atoms with Gasteiger partial charge in [-0.2, -0.15) is 0 Å². The van der Waals surface area contributed by atoms with Crippen LogP contribution in [0.25, 0.3) is 5.57 Å². The quantitative estimate of drug-likeness (QED) is 0.881. The molecule has 4 rings (SSSR count). The molecule has 0 bridgehead atoms. The molecule has 0 aliphatic carbocycles. The van der Waals surface area contributed by atoms with Gasteiger partial charge in [0.2, 0.25) is 0 Å². The standard InChI is InChI=1S/C22H24N4/c1-16-9-11-19(12-10-16)20-21-24-17(2)13-14-26(21)25-22(20,3)23-15-18-7-5-4-6-8-18/h4-14,23,25H,15H2,1-3H3. The summed E-state index contributed by atoms with van der Waals surface area (Å²) in [5.41, 5.74) is 9.02. The van der Waals surface area contributed by atoms with Crippen LogP contribution in [-0.2, 0) is 6.54 Å². The lowest BCUT2D eigenvalue weighted by Gasteiger charge is -2.30. The summed E-state index contributed by atoms with van der Waals surface area (Å²) in [6.45, 7) is 7.09. The third-order valence-corrected chi connectivity index (χ3v) is 4.87. The highest BCUT2D eigenvalue weighted by molar-refractivity contribution is 5.95.